The van der Waals surface area contributed by atoms with Crippen LogP contribution in [0, 0.1) is 5.92 Å². The van der Waals surface area contributed by atoms with Gasteiger partial charge in [-0.25, -0.2) is 4.98 Å². The van der Waals surface area contributed by atoms with Crippen molar-refractivity contribution in [2.24, 2.45) is 5.92 Å². The number of nitrogen functional groups attached to an aromatic ring is 1. The normalized spacial score (nSPS) is 15.1. The van der Waals surface area contributed by atoms with Crippen LogP contribution in [0.1, 0.15) is 57.9 Å². The Labute approximate surface area is 144 Å². The lowest BCUT2D eigenvalue weighted by atomic mass is 10.0. The summed E-state index contributed by atoms with van der Waals surface area (Å²) in [4.78, 5) is 30.5. The molecule has 24 heavy (non-hydrogen) atoms. The first kappa shape index (κ1) is 18.4. The van der Waals surface area contributed by atoms with E-state index < -0.39 is 0 Å². The molecule has 0 spiro atoms. The number of amides is 1. The minimum atomic E-state index is 0.108. The summed E-state index contributed by atoms with van der Waals surface area (Å²) in [5, 5.41) is 0. The molecule has 0 saturated heterocycles. The molecule has 1 saturated carbocycles. The molecule has 0 radical (unpaired) electrons. The molecule has 0 aliphatic heterocycles. The Morgan fingerprint density at radius 2 is 2.17 bits per heavy atom. The van der Waals surface area contributed by atoms with Gasteiger partial charge in [0.15, 0.2) is 5.78 Å². The number of nitrogens with zero attached hydrogens (tertiary/aromatic N) is 2. The van der Waals surface area contributed by atoms with E-state index in [1.54, 1.807) is 6.20 Å². The highest BCUT2D eigenvalue weighted by atomic mass is 16.2. The maximum atomic E-state index is 12.5. The molecule has 5 nitrogen and oxygen atoms in total. The number of anilines is 1. The van der Waals surface area contributed by atoms with Crippen molar-refractivity contribution in [1.29, 1.82) is 0 Å². The first-order valence-corrected chi connectivity index (χ1v) is 9.01. The van der Waals surface area contributed by atoms with Gasteiger partial charge >= 0.3 is 0 Å². The van der Waals surface area contributed by atoms with Crippen molar-refractivity contribution < 1.29 is 9.59 Å². The molecule has 0 bridgehead atoms. The second kappa shape index (κ2) is 8.81. The average Bonchev–Trinajstić information content (AvgIpc) is 3.37. The van der Waals surface area contributed by atoms with Gasteiger partial charge in [-0.1, -0.05) is 20.3 Å². The monoisotopic (exact) mass is 331 g/mol. The van der Waals surface area contributed by atoms with E-state index in [2.05, 4.69) is 18.8 Å². The van der Waals surface area contributed by atoms with Crippen molar-refractivity contribution >= 4 is 17.5 Å². The molecule has 1 heterocycles. The molecule has 0 aromatic carbocycles. The van der Waals surface area contributed by atoms with Gasteiger partial charge in [0.2, 0.25) is 5.91 Å². The van der Waals surface area contributed by atoms with E-state index in [0.29, 0.717) is 24.6 Å². The first-order chi connectivity index (χ1) is 11.5. The molecule has 1 unspecified atom stereocenters. The fourth-order valence-corrected chi connectivity index (χ4v) is 2.83. The first-order valence-electron chi connectivity index (χ1n) is 9.01. The molecule has 1 amide bonds. The van der Waals surface area contributed by atoms with E-state index >= 15 is 0 Å². The topological polar surface area (TPSA) is 76.3 Å². The molecule has 1 aliphatic rings. The van der Waals surface area contributed by atoms with Gasteiger partial charge in [0.05, 0.1) is 6.54 Å². The molecule has 2 N–H and O–H groups in total. The van der Waals surface area contributed by atoms with Crippen molar-refractivity contribution in [1.82, 2.24) is 9.88 Å². The number of rotatable bonds is 10. The lowest BCUT2D eigenvalue weighted by Gasteiger charge is -2.22. The molecule has 132 valence electrons. The Morgan fingerprint density at radius 1 is 1.42 bits per heavy atom. The number of pyridine rings is 1. The Morgan fingerprint density at radius 3 is 2.79 bits per heavy atom. The predicted molar refractivity (Wildman–Crippen MR) is 95.4 cm³/mol. The summed E-state index contributed by atoms with van der Waals surface area (Å²) in [5.41, 5.74) is 6.77. The van der Waals surface area contributed by atoms with Gasteiger partial charge in [0.1, 0.15) is 5.82 Å². The van der Waals surface area contributed by atoms with E-state index in [0.717, 1.165) is 37.7 Å². The second-order valence-corrected chi connectivity index (χ2v) is 6.95. The van der Waals surface area contributed by atoms with Crippen LogP contribution in [0.4, 0.5) is 5.82 Å². The molecular weight excluding hydrogens is 302 g/mol. The zero-order valence-electron chi connectivity index (χ0n) is 14.8. The molecule has 1 aromatic rings. The number of ketones is 1. The maximum Gasteiger partial charge on any atom is 0.223 e. The Balaban J connectivity index is 1.80. The van der Waals surface area contributed by atoms with Crippen LogP contribution in [-0.4, -0.2) is 34.2 Å². The smallest absolute Gasteiger partial charge is 0.223 e. The minimum absolute atomic E-state index is 0.108. The number of hydrogen-bond acceptors (Lipinski definition) is 4. The molecule has 1 aromatic heterocycles. The van der Waals surface area contributed by atoms with Crippen molar-refractivity contribution in [2.45, 2.75) is 64.8 Å². The predicted octanol–water partition coefficient (Wildman–Crippen LogP) is 2.98. The summed E-state index contributed by atoms with van der Waals surface area (Å²) in [6.07, 6.45) is 7.38. The molecular formula is C19H29N3O2. The van der Waals surface area contributed by atoms with Gasteiger partial charge in [-0.2, -0.15) is 0 Å². The second-order valence-electron chi connectivity index (χ2n) is 6.95. The third-order valence-electron chi connectivity index (χ3n) is 4.63. The van der Waals surface area contributed by atoms with E-state index in [1.165, 1.54) is 0 Å². The summed E-state index contributed by atoms with van der Waals surface area (Å²) in [6.45, 7) is 4.46. The molecule has 2 rings (SSSR count). The van der Waals surface area contributed by atoms with Crippen molar-refractivity contribution in [2.75, 3.05) is 12.3 Å². The van der Waals surface area contributed by atoms with E-state index in [4.69, 9.17) is 5.73 Å². The quantitative estimate of drug-likeness (QED) is 0.715. The van der Waals surface area contributed by atoms with Crippen LogP contribution in [0.3, 0.4) is 0 Å². The number of aromatic nitrogens is 1. The van der Waals surface area contributed by atoms with Crippen molar-refractivity contribution in [3.8, 4) is 0 Å². The molecule has 1 aliphatic carbocycles. The number of aryl methyl sites for hydroxylation is 1. The van der Waals surface area contributed by atoms with Gasteiger partial charge < -0.3 is 10.6 Å². The Kier molecular flexibility index (Phi) is 6.76. The lowest BCUT2D eigenvalue weighted by molar-refractivity contribution is -0.136. The van der Waals surface area contributed by atoms with E-state index in [-0.39, 0.29) is 24.3 Å². The average molecular weight is 331 g/mol. The fourth-order valence-electron chi connectivity index (χ4n) is 2.83. The van der Waals surface area contributed by atoms with E-state index in [1.807, 2.05) is 17.0 Å². The third kappa shape index (κ3) is 5.95. The van der Waals surface area contributed by atoms with Gasteiger partial charge in [-0.05, 0) is 49.3 Å². The highest BCUT2D eigenvalue weighted by Crippen LogP contribution is 2.28. The third-order valence-corrected chi connectivity index (χ3v) is 4.63. The van der Waals surface area contributed by atoms with Crippen LogP contribution in [0.25, 0.3) is 0 Å². The van der Waals surface area contributed by atoms with Crippen molar-refractivity contribution in [3.05, 3.63) is 23.9 Å². The van der Waals surface area contributed by atoms with Gasteiger partial charge in [0, 0.05) is 25.1 Å². The maximum absolute atomic E-state index is 12.5. The number of hydrogen-bond donors (Lipinski definition) is 1. The van der Waals surface area contributed by atoms with Crippen LogP contribution in [0.2, 0.25) is 0 Å². The molecule has 5 heteroatoms. The zero-order valence-corrected chi connectivity index (χ0v) is 14.8. The largest absolute Gasteiger partial charge is 0.384 e. The molecule has 1 atom stereocenters. The molecule has 1 fully saturated rings. The SMILES string of the molecule is CCC(C)CC(=O)CN(C(=O)CCCc1ccnc(N)c1)C1CC1. The summed E-state index contributed by atoms with van der Waals surface area (Å²) in [6, 6.07) is 4.06. The Bertz CT molecular complexity index is 569. The van der Waals surface area contributed by atoms with Gasteiger partial charge in [0.25, 0.3) is 0 Å². The summed E-state index contributed by atoms with van der Waals surface area (Å²) < 4.78 is 0. The van der Waals surface area contributed by atoms with Crippen LogP contribution < -0.4 is 5.73 Å². The number of carbonyl (C=O) groups excluding carboxylic acids is 2. The summed E-state index contributed by atoms with van der Waals surface area (Å²) >= 11 is 0. The lowest BCUT2D eigenvalue weighted by Crippen LogP contribution is -2.37. The van der Waals surface area contributed by atoms with Crippen LogP contribution in [0.15, 0.2) is 18.3 Å². The van der Waals surface area contributed by atoms with Gasteiger partial charge in [-0.15, -0.1) is 0 Å². The van der Waals surface area contributed by atoms with Crippen LogP contribution >= 0.6 is 0 Å². The van der Waals surface area contributed by atoms with Crippen molar-refractivity contribution in [3.63, 3.8) is 0 Å². The minimum Gasteiger partial charge on any atom is -0.384 e. The highest BCUT2D eigenvalue weighted by Gasteiger charge is 2.33. The standard InChI is InChI=1S/C19H29N3O2/c1-3-14(2)11-17(23)13-22(16-7-8-16)19(24)6-4-5-15-9-10-21-18(20)12-15/h9-10,12,14,16H,3-8,11,13H2,1-2H3,(H2,20,21). The fraction of sp³-hybridized carbons (Fsp3) is 0.632. The summed E-state index contributed by atoms with van der Waals surface area (Å²) in [7, 11) is 0. The zero-order chi connectivity index (χ0) is 17.5. The number of carbonyl (C=O) groups is 2. The summed E-state index contributed by atoms with van der Waals surface area (Å²) in [5.74, 6) is 1.20. The van der Waals surface area contributed by atoms with Crippen LogP contribution in [-0.2, 0) is 16.0 Å². The van der Waals surface area contributed by atoms with Crippen LogP contribution in [0.5, 0.6) is 0 Å². The highest BCUT2D eigenvalue weighted by molar-refractivity contribution is 5.86. The number of Topliss-reactive ketones (excluding diaryl/α,β-unsaturated/α-hetero) is 1. The Hall–Kier alpha value is -1.91. The number of nitrogens with two attached hydrogens (primary N) is 1. The van der Waals surface area contributed by atoms with E-state index in [9.17, 15) is 9.59 Å². The van der Waals surface area contributed by atoms with Gasteiger partial charge in [-0.3, -0.25) is 9.59 Å².